The van der Waals surface area contributed by atoms with Crippen LogP contribution >= 0.6 is 34.2 Å². The van der Waals surface area contributed by atoms with Crippen molar-refractivity contribution in [3.63, 3.8) is 0 Å². The van der Waals surface area contributed by atoms with Crippen LogP contribution in [0, 0.1) is 20.8 Å². The van der Waals surface area contributed by atoms with Crippen LogP contribution in [0.3, 0.4) is 0 Å². The molecule has 1 spiro atoms. The molecular weight excluding hydrogens is 551 g/mol. The molecule has 2 fully saturated rings. The number of hydrogen-bond acceptors (Lipinski definition) is 4. The van der Waals surface area contributed by atoms with Gasteiger partial charge in [-0.15, -0.1) is 0 Å². The molecule has 0 bridgehead atoms. The van der Waals surface area contributed by atoms with Gasteiger partial charge in [0, 0.05) is 20.9 Å². The summed E-state index contributed by atoms with van der Waals surface area (Å²) in [7, 11) is 1.45. The molecule has 1 unspecified atom stereocenters. The number of hydrogen-bond donors (Lipinski definition) is 0. The number of nitrogens with zero attached hydrogens (tertiary/aromatic N) is 2. The van der Waals surface area contributed by atoms with E-state index in [2.05, 4.69) is 58.9 Å². The average Bonchev–Trinajstić information content (AvgIpc) is 3.20. The summed E-state index contributed by atoms with van der Waals surface area (Å²) in [6.45, 7) is 2.09. The molecule has 5 nitrogen and oxygen atoms in total. The lowest BCUT2D eigenvalue weighted by atomic mass is 9.47. The highest BCUT2D eigenvalue weighted by molar-refractivity contribution is 14.1. The van der Waals surface area contributed by atoms with Gasteiger partial charge in [0.2, 0.25) is 0 Å². The first kappa shape index (κ1) is 22.8. The van der Waals surface area contributed by atoms with E-state index in [0.29, 0.717) is 22.9 Å². The first-order valence-electron chi connectivity index (χ1n) is 11.3. The predicted molar refractivity (Wildman–Crippen MR) is 137 cm³/mol. The van der Waals surface area contributed by atoms with Crippen molar-refractivity contribution in [3.8, 4) is 0 Å². The average molecular weight is 577 g/mol. The van der Waals surface area contributed by atoms with Crippen molar-refractivity contribution < 1.29 is 14.3 Å². The van der Waals surface area contributed by atoms with E-state index in [1.165, 1.54) is 10.7 Å². The van der Waals surface area contributed by atoms with Gasteiger partial charge in [0.1, 0.15) is 0 Å². The van der Waals surface area contributed by atoms with Crippen LogP contribution in [0.2, 0.25) is 5.02 Å². The largest absolute Gasteiger partial charge is 0.469 e. The van der Waals surface area contributed by atoms with Gasteiger partial charge in [-0.3, -0.25) is 14.3 Å². The van der Waals surface area contributed by atoms with E-state index in [4.69, 9.17) is 16.3 Å². The monoisotopic (exact) mass is 576 g/mol. The summed E-state index contributed by atoms with van der Waals surface area (Å²) in [5.41, 5.74) is 2.87. The van der Waals surface area contributed by atoms with Crippen molar-refractivity contribution in [1.29, 1.82) is 0 Å². The lowest BCUT2D eigenvalue weighted by Gasteiger charge is -2.57. The zero-order valence-corrected chi connectivity index (χ0v) is 21.6. The predicted octanol–water partition coefficient (Wildman–Crippen LogP) is 6.46. The van der Waals surface area contributed by atoms with Crippen molar-refractivity contribution in [3.05, 3.63) is 62.3 Å². The standard InChI is InChI=1S/C26H26ClIN2O3/c1-15(17-3-5-19(28)6-4-17)30-24-20(7-8-22(27)21(24)14-29-30)23(31)9-16-10-26(11-16)12-18(13-26)25(32)33-2/h3-8,14-16,18H,9-13H2,1-2H3. The van der Waals surface area contributed by atoms with Gasteiger partial charge in [0.25, 0.3) is 0 Å². The number of carbonyl (C=O) groups is 2. The van der Waals surface area contributed by atoms with Gasteiger partial charge in [-0.25, -0.2) is 0 Å². The number of rotatable bonds is 6. The molecule has 172 valence electrons. The Labute approximate surface area is 212 Å². The van der Waals surface area contributed by atoms with Crippen LogP contribution in [-0.2, 0) is 9.53 Å². The van der Waals surface area contributed by atoms with Gasteiger partial charge >= 0.3 is 5.97 Å². The lowest BCUT2D eigenvalue weighted by molar-refractivity contribution is -0.161. The van der Waals surface area contributed by atoms with Crippen LogP contribution in [0.25, 0.3) is 10.9 Å². The zero-order chi connectivity index (χ0) is 23.3. The van der Waals surface area contributed by atoms with Gasteiger partial charge in [0.05, 0.1) is 35.8 Å². The quantitative estimate of drug-likeness (QED) is 0.192. The van der Waals surface area contributed by atoms with Crippen molar-refractivity contribution >= 4 is 56.8 Å². The molecule has 2 saturated carbocycles. The molecule has 0 N–H and O–H groups in total. The van der Waals surface area contributed by atoms with E-state index in [1.54, 1.807) is 12.3 Å². The normalized spacial score (nSPS) is 24.8. The van der Waals surface area contributed by atoms with Crippen molar-refractivity contribution in [2.75, 3.05) is 7.11 Å². The minimum Gasteiger partial charge on any atom is -0.469 e. The van der Waals surface area contributed by atoms with Crippen LogP contribution in [0.5, 0.6) is 0 Å². The van der Waals surface area contributed by atoms with Crippen LogP contribution < -0.4 is 0 Å². The highest BCUT2D eigenvalue weighted by Gasteiger charge is 2.55. The first-order chi connectivity index (χ1) is 15.8. The van der Waals surface area contributed by atoms with Gasteiger partial charge in [-0.1, -0.05) is 23.7 Å². The molecule has 33 heavy (non-hydrogen) atoms. The SMILES string of the molecule is COC(=O)C1CC2(CC(CC(=O)c3ccc(Cl)c4cnn(C(C)c5ccc(I)cc5)c34)C2)C1. The lowest BCUT2D eigenvalue weighted by Crippen LogP contribution is -2.50. The number of ketones is 1. The number of esters is 1. The van der Waals surface area contributed by atoms with E-state index < -0.39 is 0 Å². The summed E-state index contributed by atoms with van der Waals surface area (Å²) in [5.74, 6) is 0.447. The van der Waals surface area contributed by atoms with E-state index >= 15 is 0 Å². The summed E-state index contributed by atoms with van der Waals surface area (Å²) in [6, 6.07) is 12.0. The van der Waals surface area contributed by atoms with E-state index in [9.17, 15) is 9.59 Å². The molecule has 2 aliphatic carbocycles. The first-order valence-corrected chi connectivity index (χ1v) is 12.8. The summed E-state index contributed by atoms with van der Waals surface area (Å²) < 4.78 is 7.96. The number of aromatic nitrogens is 2. The Morgan fingerprint density at radius 1 is 1.18 bits per heavy atom. The maximum Gasteiger partial charge on any atom is 0.308 e. The molecule has 2 aromatic carbocycles. The Morgan fingerprint density at radius 3 is 2.55 bits per heavy atom. The maximum atomic E-state index is 13.4. The second-order valence-electron chi connectivity index (χ2n) is 9.70. The molecule has 0 aliphatic heterocycles. The molecule has 0 radical (unpaired) electrons. The Morgan fingerprint density at radius 2 is 1.88 bits per heavy atom. The van der Waals surface area contributed by atoms with Crippen LogP contribution in [0.4, 0.5) is 0 Å². The molecule has 3 aromatic rings. The highest BCUT2D eigenvalue weighted by Crippen LogP contribution is 2.62. The molecule has 1 heterocycles. The fourth-order valence-corrected chi connectivity index (χ4v) is 6.43. The summed E-state index contributed by atoms with van der Waals surface area (Å²) in [6.07, 6.45) is 6.11. The van der Waals surface area contributed by atoms with Gasteiger partial charge in [-0.2, -0.15) is 5.10 Å². The number of carbonyl (C=O) groups excluding carboxylic acids is 2. The van der Waals surface area contributed by atoms with Crippen molar-refractivity contribution in [2.24, 2.45) is 17.3 Å². The molecule has 1 aromatic heterocycles. The smallest absolute Gasteiger partial charge is 0.308 e. The Bertz CT molecular complexity index is 1220. The molecule has 0 amide bonds. The minimum atomic E-state index is -0.0979. The number of ether oxygens (including phenoxy) is 1. The third kappa shape index (κ3) is 4.09. The number of fused-ring (bicyclic) bond motifs is 1. The van der Waals surface area contributed by atoms with Gasteiger partial charge < -0.3 is 4.74 Å². The van der Waals surface area contributed by atoms with E-state index in [0.717, 1.165) is 42.1 Å². The Hall–Kier alpha value is -1.93. The van der Waals surface area contributed by atoms with Crippen LogP contribution in [0.1, 0.15) is 61.0 Å². The molecule has 5 rings (SSSR count). The topological polar surface area (TPSA) is 61.2 Å². The number of Topliss-reactive ketones (excluding diaryl/α,β-unsaturated/α-hetero) is 1. The Kier molecular flexibility index (Phi) is 6.02. The van der Waals surface area contributed by atoms with Gasteiger partial charge in [0.15, 0.2) is 5.78 Å². The molecular formula is C26H26ClIN2O3. The fourth-order valence-electron chi connectivity index (χ4n) is 5.87. The van der Waals surface area contributed by atoms with Crippen LogP contribution in [0.15, 0.2) is 42.6 Å². The third-order valence-electron chi connectivity index (χ3n) is 7.53. The van der Waals surface area contributed by atoms with Gasteiger partial charge in [-0.05, 0) is 96.4 Å². The van der Waals surface area contributed by atoms with Crippen molar-refractivity contribution in [2.45, 2.75) is 45.1 Å². The second-order valence-corrected chi connectivity index (χ2v) is 11.4. The minimum absolute atomic E-state index is 0.0262. The summed E-state index contributed by atoms with van der Waals surface area (Å²) >= 11 is 8.77. The third-order valence-corrected chi connectivity index (χ3v) is 8.58. The molecule has 1 atom stereocenters. The number of benzene rings is 2. The maximum absolute atomic E-state index is 13.4. The number of methoxy groups -OCH3 is 1. The number of halogens is 2. The highest BCUT2D eigenvalue weighted by atomic mass is 127. The Balaban J connectivity index is 1.35. The zero-order valence-electron chi connectivity index (χ0n) is 18.7. The molecule has 7 heteroatoms. The van der Waals surface area contributed by atoms with Crippen LogP contribution in [-0.4, -0.2) is 28.6 Å². The van der Waals surface area contributed by atoms with E-state index in [-0.39, 0.29) is 29.1 Å². The second kappa shape index (κ2) is 8.69. The summed E-state index contributed by atoms with van der Waals surface area (Å²) in [4.78, 5) is 25.1. The van der Waals surface area contributed by atoms with Crippen molar-refractivity contribution in [1.82, 2.24) is 9.78 Å². The fraction of sp³-hybridized carbons (Fsp3) is 0.423. The molecule has 2 aliphatic rings. The molecule has 0 saturated heterocycles. The van der Waals surface area contributed by atoms with E-state index in [1.807, 2.05) is 10.7 Å². The summed E-state index contributed by atoms with van der Waals surface area (Å²) in [5, 5.41) is 6.04.